The number of benzene rings is 7. The van der Waals surface area contributed by atoms with Gasteiger partial charge < -0.3 is 177 Å². The van der Waals surface area contributed by atoms with Crippen molar-refractivity contribution in [2.24, 2.45) is 11.7 Å². The Hall–Kier alpha value is -12.1. The first-order valence-corrected chi connectivity index (χ1v) is 49.5. The molecule has 0 aliphatic carbocycles. The minimum Gasteiger partial charge on any atom is -0.508 e. The first kappa shape index (κ1) is 109. The predicted molar refractivity (Wildman–Crippen MR) is 520 cm³/mol. The average molecular weight is 2090 g/mol. The normalized spacial score (nSPS) is 28.3. The highest BCUT2D eigenvalue weighted by molar-refractivity contribution is 6.32. The Labute approximate surface area is 853 Å². The molecule has 0 radical (unpaired) electrons. The number of nitrogens with two attached hydrogens (primary N) is 1. The van der Waals surface area contributed by atoms with Crippen LogP contribution in [-0.4, -0.2) is 317 Å². The van der Waals surface area contributed by atoms with Crippen LogP contribution >= 0.6 is 23.2 Å². The number of amides is 9. The highest BCUT2D eigenvalue weighted by Crippen LogP contribution is 2.52. The molecule has 46 heteroatoms. The van der Waals surface area contributed by atoms with E-state index in [2.05, 4.69) is 66.2 Å². The summed E-state index contributed by atoms with van der Waals surface area (Å²) < 4.78 is 58.9. The van der Waals surface area contributed by atoms with E-state index in [1.807, 2.05) is 14.1 Å². The summed E-state index contributed by atoms with van der Waals surface area (Å²) in [5.74, 6) is -17.2. The van der Waals surface area contributed by atoms with Gasteiger partial charge in [-0.1, -0.05) is 87.0 Å². The number of hydrogen-bond acceptors (Lipinski definition) is 35. The number of phenolic OH excluding ortho intramolecular Hbond substituents is 4. The third-order valence-corrected chi connectivity index (χ3v) is 27.7. The molecule has 10 heterocycles. The number of aliphatic hydroxyl groups excluding tert-OH is 10. The van der Waals surface area contributed by atoms with E-state index >= 15 is 28.8 Å². The Balaban J connectivity index is 0.991. The molecule has 44 nitrogen and oxygen atoms in total. The fourth-order valence-electron chi connectivity index (χ4n) is 19.2. The topological polar surface area (TPSA) is 652 Å². The first-order valence-electron chi connectivity index (χ1n) is 48.7. The number of halogens is 2. The van der Waals surface area contributed by atoms with Crippen LogP contribution in [-0.2, 0) is 68.5 Å². The average Bonchev–Trinajstić information content (AvgIpc) is 0.716. The van der Waals surface area contributed by atoms with Gasteiger partial charge in [0, 0.05) is 56.1 Å². The van der Waals surface area contributed by atoms with E-state index in [4.69, 9.17) is 71.6 Å². The summed E-state index contributed by atoms with van der Waals surface area (Å²) in [6, 6.07) is 2.41. The standard InChI is InChI=1S/C101H124Cl2N12O32/c1-46(2)15-8-6-7-9-16-73(124)107-81-87(129)84(126)71(44-117)144-100(81)147-91-68-38-53-39-69(91)141-65-24-20-51(36-60(65)103)90(146-99-80(105-47(3)119)86(128)83(125)70(43-116)143-99)82-97(137)111-79(98(138)115-29-12-10-26-114(27-11-13-30-115)28-14-25-113(4)5)58-41-55(121)42-67(142-101-89(131)88(130)85(127)72(45-118)145-101)74(58)57-35-50(19-21-62(57)122)76(94(134)112-82)109-96(136)78(53)110-95(135)77-52-33-54(120)40-56(34-52)139-66-37-49(18-22-63(66)123)75(104)93(133)106-61(92(132)108-77)32-48-17-23-64(140-68)59(102)31-48/h17-24,31,33-42,46,61,70-72,75-90,99-101,116-118,120-123,125-131H,6-16,25-30,32,43-45,104H2,1-5H3,(H,105,119)(H,106,133)(H,107,124)(H,108,132)(H,109,136)(H,110,135)(H,111,137)(H,112,134)/t61-,70+,71+,72-,75-,76-,77+,78-,79+,80+,81+,82+,83-,84-,85-,86-,87-,88-,89+,90-,99+,100+,101+/m1/s1. The number of aliphatic hydroxyl groups is 10. The van der Waals surface area contributed by atoms with Gasteiger partial charge in [-0.05, 0) is 203 Å². The highest BCUT2D eigenvalue weighted by atomic mass is 35.5. The lowest BCUT2D eigenvalue weighted by atomic mass is 9.88. The minimum absolute atomic E-state index is 0.0132. The van der Waals surface area contributed by atoms with Gasteiger partial charge >= 0.3 is 0 Å². The van der Waals surface area contributed by atoms with Crippen molar-refractivity contribution in [3.8, 4) is 80.1 Å². The van der Waals surface area contributed by atoms with Gasteiger partial charge in [-0.25, -0.2) is 0 Å². The molecule has 0 unspecified atom stereocenters. The maximum absolute atomic E-state index is 17.4. The molecule has 0 aromatic heterocycles. The maximum Gasteiger partial charge on any atom is 0.249 e. The van der Waals surface area contributed by atoms with Crippen LogP contribution in [0.1, 0.15) is 167 Å². The van der Waals surface area contributed by atoms with E-state index in [-0.39, 0.29) is 64.0 Å². The number of hydrogen-bond donors (Lipinski definition) is 23. The van der Waals surface area contributed by atoms with Gasteiger partial charge in [0.25, 0.3) is 0 Å². The number of unbranched alkanes of at least 4 members (excludes halogenated alkanes) is 3. The van der Waals surface area contributed by atoms with Gasteiger partial charge in [0.05, 0.1) is 29.9 Å². The number of rotatable bonds is 23. The fourth-order valence-corrected chi connectivity index (χ4v) is 19.7. The van der Waals surface area contributed by atoms with Gasteiger partial charge in [-0.2, -0.15) is 0 Å². The zero-order valence-corrected chi connectivity index (χ0v) is 82.5. The van der Waals surface area contributed by atoms with Gasteiger partial charge in [-0.15, -0.1) is 0 Å². The van der Waals surface area contributed by atoms with Crippen LogP contribution in [0.3, 0.4) is 0 Å². The summed E-state index contributed by atoms with van der Waals surface area (Å²) in [5.41, 5.74) is 3.65. The number of carbonyl (C=O) groups excluding carboxylic acids is 9. The molecule has 10 aliphatic heterocycles. The van der Waals surface area contributed by atoms with E-state index in [0.29, 0.717) is 57.5 Å². The monoisotopic (exact) mass is 2090 g/mol. The van der Waals surface area contributed by atoms with Gasteiger partial charge in [0.2, 0.25) is 71.5 Å². The summed E-state index contributed by atoms with van der Waals surface area (Å²) in [7, 11) is 3.94. The molecular formula is C101H124Cl2N12O32. The van der Waals surface area contributed by atoms with Crippen LogP contribution in [0.2, 0.25) is 10.0 Å². The van der Waals surface area contributed by atoms with E-state index in [9.17, 15) is 85.9 Å². The number of carbonyl (C=O) groups is 9. The van der Waals surface area contributed by atoms with Crippen LogP contribution in [0.15, 0.2) is 115 Å². The smallest absolute Gasteiger partial charge is 0.249 e. The molecule has 794 valence electrons. The number of phenols is 4. The second-order valence-electron chi connectivity index (χ2n) is 38.6. The molecular weight excluding hydrogens is 1960 g/mol. The van der Waals surface area contributed by atoms with Crippen LogP contribution in [0.25, 0.3) is 11.1 Å². The molecule has 24 N–H and O–H groups in total. The zero-order chi connectivity index (χ0) is 105. The van der Waals surface area contributed by atoms with Crippen LogP contribution in [0.5, 0.6) is 69.0 Å². The molecule has 17 bridgehead atoms. The second-order valence-corrected chi connectivity index (χ2v) is 39.4. The van der Waals surface area contributed by atoms with Crippen molar-refractivity contribution in [1.82, 2.24) is 57.2 Å². The molecule has 7 aromatic rings. The molecule has 9 amide bonds. The molecule has 23 atom stereocenters. The quantitative estimate of drug-likeness (QED) is 0.0409. The Kier molecular flexibility index (Phi) is 35.6. The zero-order valence-electron chi connectivity index (χ0n) is 81.0. The molecule has 17 rings (SSSR count). The Morgan fingerprint density at radius 3 is 1.70 bits per heavy atom. The van der Waals surface area contributed by atoms with Crippen molar-refractivity contribution in [2.75, 3.05) is 73.2 Å². The van der Waals surface area contributed by atoms with Crippen LogP contribution < -0.4 is 72.0 Å². The number of ether oxygens (including phenoxy) is 9. The lowest BCUT2D eigenvalue weighted by Gasteiger charge is -2.44. The van der Waals surface area contributed by atoms with Gasteiger partial charge in [0.15, 0.2) is 29.3 Å². The van der Waals surface area contributed by atoms with Crippen molar-refractivity contribution >= 4 is 76.4 Å². The van der Waals surface area contributed by atoms with E-state index in [0.717, 1.165) is 125 Å². The fraction of sp³-hybridized carbons (Fsp3) is 0.495. The van der Waals surface area contributed by atoms with Crippen molar-refractivity contribution in [2.45, 2.75) is 238 Å². The lowest BCUT2D eigenvalue weighted by Crippen LogP contribution is -2.65. The van der Waals surface area contributed by atoms with Gasteiger partial charge in [-0.3, -0.25) is 43.2 Å². The third kappa shape index (κ3) is 25.4. The van der Waals surface area contributed by atoms with Crippen molar-refractivity contribution in [1.29, 1.82) is 0 Å². The summed E-state index contributed by atoms with van der Waals surface area (Å²) >= 11 is 15.0. The molecule has 7 aromatic carbocycles. The lowest BCUT2D eigenvalue weighted by molar-refractivity contribution is -0.284. The minimum atomic E-state index is -2.52. The molecule has 0 saturated carbocycles. The highest BCUT2D eigenvalue weighted by Gasteiger charge is 2.53. The van der Waals surface area contributed by atoms with E-state index in [1.54, 1.807) is 0 Å². The maximum atomic E-state index is 17.4. The first-order chi connectivity index (χ1) is 70.2. The number of nitrogens with one attached hydrogen (secondary N) is 8. The van der Waals surface area contributed by atoms with E-state index in [1.165, 1.54) is 41.3 Å². The van der Waals surface area contributed by atoms with Crippen LogP contribution in [0.4, 0.5) is 0 Å². The number of fused-ring (bicyclic) bond motifs is 14. The van der Waals surface area contributed by atoms with Crippen molar-refractivity contribution in [3.05, 3.63) is 164 Å². The molecule has 147 heavy (non-hydrogen) atoms. The molecule has 4 fully saturated rings. The molecule has 10 aliphatic rings. The van der Waals surface area contributed by atoms with Crippen LogP contribution in [0, 0.1) is 5.92 Å². The Morgan fingerprint density at radius 1 is 0.510 bits per heavy atom. The van der Waals surface area contributed by atoms with E-state index < -0.39 is 304 Å². The SMILES string of the molecule is CC(=O)N[C@@H]1[C@H](O[C@@H]2c3ccc(c(Cl)c3)Oc3cc4cc(c3O[C@@H]3O[C@@H](CO)[C@@H](O)[C@H](O)[C@@H]3NC(=O)CCCCCCC(C)C)Oc3ccc(cc3Cl)C[C@H]3NC(=O)[C@H](N)c5ccc(O)c(c5)Oc5cc(O)cc(c5)[C@H](NC3=O)C(=O)N[C@H]4C(=O)N[C@H]3C(=O)N[C@@H]2C(=O)N[C@H](C(=O)N2CCCCN(CCCN(C)C)CCCC2)c2cc(O)cc(O[C@H]4O[C@H](CO)[C@@H](O)[C@@H](O)[C@@H]4O)c2-c2cc3ccc2O)O[C@@H](CO)[C@@H](O)[C@@H]1O. The van der Waals surface area contributed by atoms with Gasteiger partial charge in [0.1, 0.15) is 162 Å². The Bertz CT molecular complexity index is 5960. The second kappa shape index (κ2) is 48.0. The summed E-state index contributed by atoms with van der Waals surface area (Å²) in [6.45, 7) is 4.85. The Morgan fingerprint density at radius 2 is 1.07 bits per heavy atom. The van der Waals surface area contributed by atoms with Crippen molar-refractivity contribution < 1.29 is 157 Å². The molecule has 0 spiro atoms. The number of aromatic hydroxyl groups is 4. The summed E-state index contributed by atoms with van der Waals surface area (Å²) in [6.07, 6.45) is -23.0. The summed E-state index contributed by atoms with van der Waals surface area (Å²) in [4.78, 5) is 149. The third-order valence-electron chi connectivity index (χ3n) is 27.1. The number of nitrogens with zero attached hydrogens (tertiary/aromatic N) is 3. The van der Waals surface area contributed by atoms with Crippen molar-refractivity contribution in [3.63, 3.8) is 0 Å². The summed E-state index contributed by atoms with van der Waals surface area (Å²) in [5, 5.41) is 184. The molecule has 4 saturated heterocycles. The predicted octanol–water partition coefficient (Wildman–Crippen LogP) is 2.59. The largest absolute Gasteiger partial charge is 0.508 e.